The highest BCUT2D eigenvalue weighted by atomic mass is 32.3. The van der Waals surface area contributed by atoms with Crippen LogP contribution in [-0.2, 0) is 81.3 Å². The van der Waals surface area contributed by atoms with Gasteiger partial charge < -0.3 is 108 Å². The van der Waals surface area contributed by atoms with E-state index >= 15 is 0 Å². The molecule has 29 nitrogen and oxygen atoms in total. The molecule has 9 aliphatic rings. The monoisotopic (exact) mass is 1260 g/mol. The first kappa shape index (κ1) is 67.6. The Morgan fingerprint density at radius 3 is 1.96 bits per heavy atom. The smallest absolute Gasteiger partial charge is 0.319 e. The summed E-state index contributed by atoms with van der Waals surface area (Å²) < 4.78 is 138. The number of ether oxygens (including phenoxy) is 10. The molecule has 5 saturated heterocycles. The van der Waals surface area contributed by atoms with Crippen molar-refractivity contribution >= 4 is 26.8 Å². The van der Waals surface area contributed by atoms with Crippen molar-refractivity contribution < 1.29 is 138 Å². The minimum atomic E-state index is -5.48. The van der Waals surface area contributed by atoms with E-state index in [2.05, 4.69) is 35.2 Å². The van der Waals surface area contributed by atoms with Crippen LogP contribution in [0.3, 0.4) is 0 Å². The first-order valence-electron chi connectivity index (χ1n) is 29.1. The zero-order chi connectivity index (χ0) is 62.7. The Labute approximate surface area is 493 Å². The van der Waals surface area contributed by atoms with Gasteiger partial charge in [-0.3, -0.25) is 13.2 Å². The minimum Gasteiger partial charge on any atom is -0.726 e. The SMILES string of the molecule is CO[C@@H]1[C@@H](O)[C@H](O[C@@H]2[C@@H](O)[C@H](O[C@H]3[C@H](O)[C@@H](O)[C@H](O[C@H]4[C@H](O[C@H]5CC[C@]6(C)[C@@H]7C[C@H](O)[C@]89C(=O)O[C@@](C)(CCCC(C)C)[C@@]8(O)CC[C@@]9(C)C7=CC[C@H]6C5(C)C)OC[C@@H](OS(=O)(=O)[O-])[C@@H]4O)O[C@@H]3C)O[C@H](COS(=O)(=O)[O-])[C@H]2O)O[C@H](CO)[C@H]1O. The number of esters is 1. The standard InChI is InChI=1S/C54H88O29S2/c1-23(2)11-10-15-52(8)53(65)18-17-51(7)25-12-13-30-49(4,5)32(14-16-50(30,6)26(25)19-31(56)54(51,53)48(64)82-52)78-47-43(35(59)29(21-73-47)83-85(69,70)71)81-44-37(61)36(60)40(24(3)75-44)79-46-39(63)42(34(58)28(77-46)22-74-84(66,67)68)80-45-38(62)41(72-9)33(57)27(20-55)76-45/h12,23-24,26-47,55-63,65H,10-11,13-22H2,1-9H3,(H,66,67,68)(H,69,70,71)/p-2/t24-,26-,27-,28-,29-,30+,31+,32+,33-,34-,35+,36-,37-,38-,39-,40-,41+,42+,43-,44+,45+,46+,47+,50-,51+,52+,53+,54-/m1/s1. The molecule has 9 rings (SSSR count). The summed E-state index contributed by atoms with van der Waals surface area (Å²) in [7, 11) is -9.81. The van der Waals surface area contributed by atoms with Crippen LogP contribution in [0.1, 0.15) is 113 Å². The fourth-order valence-electron chi connectivity index (χ4n) is 16.5. The minimum absolute atomic E-state index is 0.164. The molecule has 31 heteroatoms. The number of rotatable bonds is 19. The number of hydrogen-bond donors (Lipinski definition) is 10. The van der Waals surface area contributed by atoms with Crippen molar-refractivity contribution in [3.05, 3.63) is 11.6 Å². The fraction of sp³-hybridized carbons (Fsp3) is 0.944. The van der Waals surface area contributed by atoms with E-state index in [-0.39, 0.29) is 24.7 Å². The van der Waals surface area contributed by atoms with Crippen LogP contribution in [0.2, 0.25) is 0 Å². The summed E-state index contributed by atoms with van der Waals surface area (Å²) in [6.07, 6.45) is -30.7. The molecule has 3 saturated carbocycles. The van der Waals surface area contributed by atoms with Crippen LogP contribution in [0.15, 0.2) is 11.6 Å². The van der Waals surface area contributed by atoms with E-state index in [1.807, 2.05) is 20.8 Å². The van der Waals surface area contributed by atoms with Gasteiger partial charge in [-0.15, -0.1) is 0 Å². The predicted octanol–water partition coefficient (Wildman–Crippen LogP) is -2.25. The number of fused-ring (bicyclic) bond motifs is 4. The number of carbonyl (C=O) groups is 1. The summed E-state index contributed by atoms with van der Waals surface area (Å²) in [5.74, 6) is -0.580. The first-order chi connectivity index (χ1) is 39.4. The van der Waals surface area contributed by atoms with E-state index in [0.29, 0.717) is 38.0 Å². The van der Waals surface area contributed by atoms with Crippen LogP contribution >= 0.6 is 0 Å². The topological polar surface area (TPSA) is 445 Å². The zero-order valence-corrected chi connectivity index (χ0v) is 50.6. The lowest BCUT2D eigenvalue weighted by Gasteiger charge is -2.65. The normalized spacial score (nSPS) is 50.0. The van der Waals surface area contributed by atoms with Crippen LogP contribution in [0, 0.1) is 39.4 Å². The van der Waals surface area contributed by atoms with E-state index in [4.69, 9.17) is 47.4 Å². The second kappa shape index (κ2) is 24.3. The molecule has 8 fully saturated rings. The number of cyclic esters (lactones) is 1. The Kier molecular flexibility index (Phi) is 19.4. The van der Waals surface area contributed by atoms with Gasteiger partial charge in [0.15, 0.2) is 25.2 Å². The number of aliphatic hydroxyl groups is 10. The van der Waals surface area contributed by atoms with Gasteiger partial charge in [-0.05, 0) is 93.8 Å². The summed E-state index contributed by atoms with van der Waals surface area (Å²) in [6, 6.07) is 0. The van der Waals surface area contributed by atoms with Gasteiger partial charge >= 0.3 is 5.97 Å². The van der Waals surface area contributed by atoms with E-state index in [0.717, 1.165) is 25.5 Å². The summed E-state index contributed by atoms with van der Waals surface area (Å²) in [5, 5.41) is 115. The molecular formula is C54H86O29S2-2. The third-order valence-electron chi connectivity index (χ3n) is 21.0. The maximum absolute atomic E-state index is 14.5. The maximum Gasteiger partial charge on any atom is 0.319 e. The van der Waals surface area contributed by atoms with Gasteiger partial charge in [0.2, 0.25) is 20.8 Å². The Morgan fingerprint density at radius 2 is 1.34 bits per heavy atom. The van der Waals surface area contributed by atoms with Crippen molar-refractivity contribution in [1.29, 1.82) is 0 Å². The number of methoxy groups -OCH3 is 1. The summed E-state index contributed by atoms with van der Waals surface area (Å²) in [5.41, 5.74) is -5.64. The van der Waals surface area contributed by atoms with Crippen molar-refractivity contribution in [3.63, 3.8) is 0 Å². The third-order valence-corrected chi connectivity index (χ3v) is 21.9. The number of hydrogen-bond acceptors (Lipinski definition) is 29. The summed E-state index contributed by atoms with van der Waals surface area (Å²) in [6.45, 7) is 12.7. The van der Waals surface area contributed by atoms with E-state index < -0.39 is 208 Å². The number of carbonyl (C=O) groups excluding carboxylic acids is 1. The molecule has 1 spiro atoms. The molecule has 4 aliphatic carbocycles. The van der Waals surface area contributed by atoms with Gasteiger partial charge in [0.1, 0.15) is 102 Å². The van der Waals surface area contributed by atoms with Crippen molar-refractivity contribution in [2.75, 3.05) is 26.9 Å². The number of aliphatic hydroxyl groups excluding tert-OH is 9. The van der Waals surface area contributed by atoms with E-state index in [1.165, 1.54) is 6.92 Å². The van der Waals surface area contributed by atoms with Gasteiger partial charge in [0.05, 0.1) is 38.1 Å². The van der Waals surface area contributed by atoms with Crippen molar-refractivity contribution in [2.24, 2.45) is 39.4 Å². The molecule has 0 unspecified atom stereocenters. The predicted molar refractivity (Wildman–Crippen MR) is 280 cm³/mol. The molecule has 0 aromatic rings. The van der Waals surface area contributed by atoms with Crippen molar-refractivity contribution in [1.82, 2.24) is 0 Å². The average Bonchev–Trinajstić information content (AvgIpc) is 1.58. The highest BCUT2D eigenvalue weighted by molar-refractivity contribution is 7.81. The lowest BCUT2D eigenvalue weighted by Crippen LogP contribution is -2.68. The fourth-order valence-corrected chi connectivity index (χ4v) is 17.3. The van der Waals surface area contributed by atoms with Crippen molar-refractivity contribution in [2.45, 2.75) is 253 Å². The molecule has 0 aromatic carbocycles. The molecular weight excluding hydrogens is 1180 g/mol. The molecule has 5 heterocycles. The van der Waals surface area contributed by atoms with Crippen LogP contribution in [-0.4, -0.2) is 250 Å². The molecule has 0 amide bonds. The van der Waals surface area contributed by atoms with Gasteiger partial charge in [-0.25, -0.2) is 16.8 Å². The van der Waals surface area contributed by atoms with Gasteiger partial charge in [0, 0.05) is 12.5 Å². The second-order valence-corrected chi connectivity index (χ2v) is 28.6. The average molecular weight is 1260 g/mol. The lowest BCUT2D eigenvalue weighted by atomic mass is 9.39. The quantitative estimate of drug-likeness (QED) is 0.0283. The largest absolute Gasteiger partial charge is 0.726 e. The van der Waals surface area contributed by atoms with Crippen LogP contribution in [0.5, 0.6) is 0 Å². The second-order valence-electron chi connectivity index (χ2n) is 26.5. The molecule has 0 aromatic heterocycles. The first-order valence-corrected chi connectivity index (χ1v) is 31.8. The summed E-state index contributed by atoms with van der Waals surface area (Å²) in [4.78, 5) is 14.5. The van der Waals surface area contributed by atoms with E-state index in [9.17, 15) is 81.8 Å². The number of allylic oxidation sites excluding steroid dienone is 2. The highest BCUT2D eigenvalue weighted by Crippen LogP contribution is 2.77. The zero-order valence-electron chi connectivity index (χ0n) is 49.0. The molecule has 0 bridgehead atoms. The third kappa shape index (κ3) is 11.6. The highest BCUT2D eigenvalue weighted by Gasteiger charge is 2.86. The summed E-state index contributed by atoms with van der Waals surface area (Å²) >= 11 is 0. The Morgan fingerprint density at radius 1 is 0.729 bits per heavy atom. The van der Waals surface area contributed by atoms with Gasteiger partial charge in [-0.1, -0.05) is 59.6 Å². The Hall–Kier alpha value is -1.81. The Bertz CT molecular complexity index is 2650. The van der Waals surface area contributed by atoms with Gasteiger partial charge in [-0.2, -0.15) is 0 Å². The van der Waals surface area contributed by atoms with Crippen LogP contribution in [0.25, 0.3) is 0 Å². The maximum atomic E-state index is 14.5. The lowest BCUT2D eigenvalue weighted by molar-refractivity contribution is -0.389. The van der Waals surface area contributed by atoms with Crippen LogP contribution < -0.4 is 0 Å². The van der Waals surface area contributed by atoms with Crippen molar-refractivity contribution in [3.8, 4) is 0 Å². The Balaban J connectivity index is 0.924. The molecule has 490 valence electrons. The molecule has 85 heavy (non-hydrogen) atoms. The molecule has 0 radical (unpaired) electrons. The van der Waals surface area contributed by atoms with Gasteiger partial charge in [0.25, 0.3) is 0 Å². The molecule has 5 aliphatic heterocycles. The van der Waals surface area contributed by atoms with E-state index in [1.54, 1.807) is 6.92 Å². The molecule has 28 atom stereocenters. The molecule has 10 N–H and O–H groups in total. The van der Waals surface area contributed by atoms with Crippen LogP contribution in [0.4, 0.5) is 0 Å².